The molecule has 0 bridgehead atoms. The van der Waals surface area contributed by atoms with Gasteiger partial charge in [0, 0.05) is 12.0 Å². The lowest BCUT2D eigenvalue weighted by Gasteiger charge is -2.23. The molecule has 2 N–H and O–H groups in total. The van der Waals surface area contributed by atoms with Gasteiger partial charge in [-0.2, -0.15) is 18.2 Å². The van der Waals surface area contributed by atoms with Gasteiger partial charge in [0.05, 0.1) is 0 Å². The van der Waals surface area contributed by atoms with Crippen molar-refractivity contribution in [3.8, 4) is 0 Å². The van der Waals surface area contributed by atoms with Gasteiger partial charge in [-0.15, -0.1) is 0 Å². The summed E-state index contributed by atoms with van der Waals surface area (Å²) >= 11 is 0. The first-order chi connectivity index (χ1) is 7.47. The van der Waals surface area contributed by atoms with Crippen LogP contribution >= 0.6 is 0 Å². The van der Waals surface area contributed by atoms with Gasteiger partial charge in [-0.25, -0.2) is 0 Å². The Morgan fingerprint density at radius 2 is 2.06 bits per heavy atom. The number of nitrogens with two attached hydrogens (primary N) is 1. The minimum absolute atomic E-state index is 0.0139. The number of nitrogens with zero attached hydrogens (tertiary/aromatic N) is 2. The van der Waals surface area contributed by atoms with E-state index in [0.29, 0.717) is 6.42 Å². The van der Waals surface area contributed by atoms with Crippen LogP contribution in [0.4, 0.5) is 13.2 Å². The first-order valence-electron chi connectivity index (χ1n) is 5.13. The second-order valence-corrected chi connectivity index (χ2v) is 4.08. The zero-order chi connectivity index (χ0) is 11.8. The standard InChI is InChI=1S/C9H12F3N3O/c10-9(11,12)8-14-7(16-15-8)5-2-1-3-6(13)4-5/h5-6H,1-4,13H2. The molecule has 1 aromatic heterocycles. The van der Waals surface area contributed by atoms with E-state index in [1.807, 2.05) is 0 Å². The van der Waals surface area contributed by atoms with Gasteiger partial charge in [-0.3, -0.25) is 0 Å². The number of hydrogen-bond acceptors (Lipinski definition) is 4. The smallest absolute Gasteiger partial charge is 0.339 e. The van der Waals surface area contributed by atoms with Crippen LogP contribution in [-0.4, -0.2) is 16.2 Å². The lowest BCUT2D eigenvalue weighted by Crippen LogP contribution is -2.27. The molecule has 1 heterocycles. The summed E-state index contributed by atoms with van der Waals surface area (Å²) in [6.07, 6.45) is -1.39. The molecule has 1 aliphatic carbocycles. The van der Waals surface area contributed by atoms with E-state index in [0.717, 1.165) is 19.3 Å². The van der Waals surface area contributed by atoms with Crippen LogP contribution in [0.25, 0.3) is 0 Å². The van der Waals surface area contributed by atoms with E-state index in [2.05, 4.69) is 14.7 Å². The van der Waals surface area contributed by atoms with Crippen molar-refractivity contribution < 1.29 is 17.7 Å². The van der Waals surface area contributed by atoms with E-state index in [1.165, 1.54) is 0 Å². The maximum atomic E-state index is 12.2. The highest BCUT2D eigenvalue weighted by Crippen LogP contribution is 2.33. The number of hydrogen-bond donors (Lipinski definition) is 1. The van der Waals surface area contributed by atoms with E-state index in [4.69, 9.17) is 5.73 Å². The number of halogens is 3. The van der Waals surface area contributed by atoms with Crippen LogP contribution in [0.2, 0.25) is 0 Å². The largest absolute Gasteiger partial charge is 0.455 e. The molecule has 1 aliphatic rings. The predicted octanol–water partition coefficient (Wildman–Crippen LogP) is 2.07. The maximum absolute atomic E-state index is 12.2. The van der Waals surface area contributed by atoms with Gasteiger partial charge in [0.25, 0.3) is 5.82 Å². The molecule has 0 saturated heterocycles. The Kier molecular flexibility index (Phi) is 2.88. The van der Waals surface area contributed by atoms with Crippen molar-refractivity contribution in [3.05, 3.63) is 11.7 Å². The first kappa shape index (κ1) is 11.4. The predicted molar refractivity (Wildman–Crippen MR) is 48.5 cm³/mol. The second-order valence-electron chi connectivity index (χ2n) is 4.08. The average molecular weight is 235 g/mol. The number of alkyl halides is 3. The Hall–Kier alpha value is -1.11. The molecule has 0 aliphatic heterocycles. The zero-order valence-electron chi connectivity index (χ0n) is 8.50. The molecule has 2 rings (SSSR count). The maximum Gasteiger partial charge on any atom is 0.455 e. The van der Waals surface area contributed by atoms with Gasteiger partial charge >= 0.3 is 6.18 Å². The molecule has 0 aromatic carbocycles. The Labute approximate surface area is 90.0 Å². The third-order valence-electron chi connectivity index (χ3n) is 2.76. The minimum Gasteiger partial charge on any atom is -0.339 e. The second kappa shape index (κ2) is 4.04. The van der Waals surface area contributed by atoms with Crippen molar-refractivity contribution in [1.29, 1.82) is 0 Å². The fourth-order valence-corrected chi connectivity index (χ4v) is 1.97. The lowest BCUT2D eigenvalue weighted by molar-refractivity contribution is -0.146. The average Bonchev–Trinajstić information content (AvgIpc) is 2.65. The van der Waals surface area contributed by atoms with Crippen LogP contribution in [-0.2, 0) is 6.18 Å². The Balaban J connectivity index is 2.12. The van der Waals surface area contributed by atoms with Gasteiger partial charge in [0.2, 0.25) is 5.89 Å². The fraction of sp³-hybridized carbons (Fsp3) is 0.778. The van der Waals surface area contributed by atoms with E-state index in [1.54, 1.807) is 0 Å². The van der Waals surface area contributed by atoms with Crippen molar-refractivity contribution >= 4 is 0 Å². The molecule has 0 amide bonds. The fourth-order valence-electron chi connectivity index (χ4n) is 1.97. The van der Waals surface area contributed by atoms with Gasteiger partial charge < -0.3 is 10.3 Å². The van der Waals surface area contributed by atoms with Crippen LogP contribution in [0.5, 0.6) is 0 Å². The van der Waals surface area contributed by atoms with E-state index >= 15 is 0 Å². The van der Waals surface area contributed by atoms with Crippen LogP contribution in [0.3, 0.4) is 0 Å². The Morgan fingerprint density at radius 1 is 1.31 bits per heavy atom. The molecule has 1 aromatic rings. The summed E-state index contributed by atoms with van der Waals surface area (Å²) in [7, 11) is 0. The molecule has 0 radical (unpaired) electrons. The zero-order valence-corrected chi connectivity index (χ0v) is 8.50. The van der Waals surface area contributed by atoms with Crippen LogP contribution in [0.15, 0.2) is 4.52 Å². The van der Waals surface area contributed by atoms with Crippen molar-refractivity contribution in [2.45, 2.75) is 43.8 Å². The van der Waals surface area contributed by atoms with Gasteiger partial charge in [-0.05, 0) is 19.3 Å². The normalized spacial score (nSPS) is 27.0. The summed E-state index contributed by atoms with van der Waals surface area (Å²) in [6.45, 7) is 0. The van der Waals surface area contributed by atoms with Crippen molar-refractivity contribution in [2.24, 2.45) is 5.73 Å². The summed E-state index contributed by atoms with van der Waals surface area (Å²) in [5.74, 6) is -1.28. The molecule has 16 heavy (non-hydrogen) atoms. The first-order valence-corrected chi connectivity index (χ1v) is 5.13. The van der Waals surface area contributed by atoms with Crippen molar-refractivity contribution in [3.63, 3.8) is 0 Å². The van der Waals surface area contributed by atoms with E-state index in [9.17, 15) is 13.2 Å². The molecule has 2 atom stereocenters. The molecular weight excluding hydrogens is 223 g/mol. The molecule has 2 unspecified atom stereocenters. The molecule has 90 valence electrons. The summed E-state index contributed by atoms with van der Waals surface area (Å²) in [5, 5.41) is 2.94. The quantitative estimate of drug-likeness (QED) is 0.809. The highest BCUT2D eigenvalue weighted by molar-refractivity contribution is 4.99. The molecular formula is C9H12F3N3O. The van der Waals surface area contributed by atoms with Gasteiger partial charge in [0.15, 0.2) is 0 Å². The lowest BCUT2D eigenvalue weighted by atomic mass is 9.86. The number of aromatic nitrogens is 2. The summed E-state index contributed by atoms with van der Waals surface area (Å²) in [6, 6.07) is 0.0139. The minimum atomic E-state index is -4.54. The monoisotopic (exact) mass is 235 g/mol. The topological polar surface area (TPSA) is 64.9 Å². The highest BCUT2D eigenvalue weighted by Gasteiger charge is 2.38. The van der Waals surface area contributed by atoms with E-state index < -0.39 is 12.0 Å². The van der Waals surface area contributed by atoms with Crippen LogP contribution in [0.1, 0.15) is 43.3 Å². The molecule has 1 fully saturated rings. The third-order valence-corrected chi connectivity index (χ3v) is 2.76. The van der Waals surface area contributed by atoms with Crippen molar-refractivity contribution in [2.75, 3.05) is 0 Å². The number of rotatable bonds is 1. The Morgan fingerprint density at radius 3 is 2.62 bits per heavy atom. The van der Waals surface area contributed by atoms with Crippen molar-refractivity contribution in [1.82, 2.24) is 10.1 Å². The van der Waals surface area contributed by atoms with Crippen LogP contribution in [0, 0.1) is 0 Å². The molecule has 7 heteroatoms. The van der Waals surface area contributed by atoms with Gasteiger partial charge in [-0.1, -0.05) is 11.6 Å². The summed E-state index contributed by atoms with van der Waals surface area (Å²) in [5.41, 5.74) is 5.74. The molecule has 0 spiro atoms. The molecule has 1 saturated carbocycles. The third kappa shape index (κ3) is 2.34. The summed E-state index contributed by atoms with van der Waals surface area (Å²) < 4.78 is 41.3. The Bertz CT molecular complexity index is 363. The van der Waals surface area contributed by atoms with E-state index in [-0.39, 0.29) is 17.9 Å². The van der Waals surface area contributed by atoms with Gasteiger partial charge in [0.1, 0.15) is 0 Å². The highest BCUT2D eigenvalue weighted by atomic mass is 19.4. The SMILES string of the molecule is NC1CCCC(c2nc(C(F)(F)F)no2)C1. The molecule has 4 nitrogen and oxygen atoms in total. The summed E-state index contributed by atoms with van der Waals surface area (Å²) in [4.78, 5) is 3.38. The van der Waals surface area contributed by atoms with Crippen LogP contribution < -0.4 is 5.73 Å².